The Hall–Kier alpha value is -0.920. The van der Waals surface area contributed by atoms with Gasteiger partial charge in [0.1, 0.15) is 0 Å². The van der Waals surface area contributed by atoms with Crippen molar-refractivity contribution in [3.05, 3.63) is 0 Å². The van der Waals surface area contributed by atoms with E-state index in [1.807, 2.05) is 0 Å². The van der Waals surface area contributed by atoms with Crippen LogP contribution in [-0.2, 0) is 9.59 Å². The minimum atomic E-state index is -4.39. The lowest BCUT2D eigenvalue weighted by Gasteiger charge is -2.32. The van der Waals surface area contributed by atoms with Crippen molar-refractivity contribution in [2.75, 3.05) is 18.8 Å². The van der Waals surface area contributed by atoms with Gasteiger partial charge in [-0.3, -0.25) is 9.59 Å². The number of piperidine rings is 1. The standard InChI is InChI=1S/C11H16F3NO3S/c12-11(13,14)19-7-9(16)15-5-1-2-8(6-15)3-4-10(17)18/h8H,1-7H2,(H,17,18). The van der Waals surface area contributed by atoms with Crippen molar-refractivity contribution >= 4 is 23.6 Å². The molecule has 1 atom stereocenters. The molecule has 0 aromatic rings. The van der Waals surface area contributed by atoms with E-state index in [4.69, 9.17) is 5.11 Å². The molecule has 8 heteroatoms. The van der Waals surface area contributed by atoms with Crippen LogP contribution in [0, 0.1) is 5.92 Å². The summed E-state index contributed by atoms with van der Waals surface area (Å²) in [6.45, 7) is 0.825. The predicted octanol–water partition coefficient (Wildman–Crippen LogP) is 2.34. The van der Waals surface area contributed by atoms with Crippen molar-refractivity contribution in [1.29, 1.82) is 0 Å². The van der Waals surface area contributed by atoms with E-state index >= 15 is 0 Å². The van der Waals surface area contributed by atoms with Crippen molar-refractivity contribution in [2.24, 2.45) is 5.92 Å². The monoisotopic (exact) mass is 299 g/mol. The number of thioether (sulfide) groups is 1. The smallest absolute Gasteiger partial charge is 0.442 e. The van der Waals surface area contributed by atoms with Gasteiger partial charge in [0.05, 0.1) is 5.75 Å². The van der Waals surface area contributed by atoms with Gasteiger partial charge >= 0.3 is 11.5 Å². The molecular weight excluding hydrogens is 283 g/mol. The van der Waals surface area contributed by atoms with Crippen LogP contribution in [0.1, 0.15) is 25.7 Å². The Kier molecular flexibility index (Phi) is 5.96. The lowest BCUT2D eigenvalue weighted by Crippen LogP contribution is -2.41. The number of carbonyl (C=O) groups is 2. The van der Waals surface area contributed by atoms with Crippen LogP contribution < -0.4 is 0 Å². The summed E-state index contributed by atoms with van der Waals surface area (Å²) >= 11 is -0.331. The average Bonchev–Trinajstić information content (AvgIpc) is 2.33. The molecule has 1 saturated heterocycles. The summed E-state index contributed by atoms with van der Waals surface area (Å²) in [6, 6.07) is 0. The summed E-state index contributed by atoms with van der Waals surface area (Å²) < 4.78 is 36.0. The highest BCUT2D eigenvalue weighted by Crippen LogP contribution is 2.30. The minimum absolute atomic E-state index is 0.0317. The third kappa shape index (κ3) is 6.70. The Labute approximate surface area is 113 Å². The molecule has 4 nitrogen and oxygen atoms in total. The number of nitrogens with zero attached hydrogens (tertiary/aromatic N) is 1. The Morgan fingerprint density at radius 2 is 2.05 bits per heavy atom. The molecule has 1 aliphatic rings. The molecule has 0 spiro atoms. The predicted molar refractivity (Wildman–Crippen MR) is 64.7 cm³/mol. The van der Waals surface area contributed by atoms with Crippen molar-refractivity contribution < 1.29 is 27.9 Å². The third-order valence-corrected chi connectivity index (χ3v) is 3.72. The SMILES string of the molecule is O=C(O)CCC1CCCN(C(=O)CSC(F)(F)F)C1. The number of alkyl halides is 3. The average molecular weight is 299 g/mol. The van der Waals surface area contributed by atoms with Gasteiger partial charge in [0.2, 0.25) is 5.91 Å². The van der Waals surface area contributed by atoms with Crippen molar-refractivity contribution in [3.8, 4) is 0 Å². The lowest BCUT2D eigenvalue weighted by atomic mass is 9.93. The molecule has 1 aliphatic heterocycles. The Morgan fingerprint density at radius 1 is 1.37 bits per heavy atom. The first-order chi connectivity index (χ1) is 8.78. The Balaban J connectivity index is 2.37. The highest BCUT2D eigenvalue weighted by molar-refractivity contribution is 8.00. The largest absolute Gasteiger partial charge is 0.481 e. The van der Waals surface area contributed by atoms with Crippen molar-refractivity contribution in [3.63, 3.8) is 0 Å². The first-order valence-electron chi connectivity index (χ1n) is 5.98. The molecule has 0 aromatic heterocycles. The lowest BCUT2D eigenvalue weighted by molar-refractivity contribution is -0.137. The Morgan fingerprint density at radius 3 is 2.63 bits per heavy atom. The van der Waals surface area contributed by atoms with Crippen LogP contribution in [0.5, 0.6) is 0 Å². The highest BCUT2D eigenvalue weighted by Gasteiger charge is 2.31. The summed E-state index contributed by atoms with van der Waals surface area (Å²) in [7, 11) is 0. The molecule has 0 saturated carbocycles. The molecule has 1 rings (SSSR count). The number of hydrogen-bond donors (Lipinski definition) is 1. The molecular formula is C11H16F3NO3S. The van der Waals surface area contributed by atoms with Gasteiger partial charge in [0.25, 0.3) is 0 Å². The van der Waals surface area contributed by atoms with E-state index in [0.717, 1.165) is 6.42 Å². The van der Waals surface area contributed by atoms with E-state index in [1.165, 1.54) is 4.90 Å². The van der Waals surface area contributed by atoms with Crippen LogP contribution in [0.25, 0.3) is 0 Å². The van der Waals surface area contributed by atoms with Gasteiger partial charge in [-0.1, -0.05) is 0 Å². The van der Waals surface area contributed by atoms with Gasteiger partial charge in [-0.05, 0) is 36.9 Å². The van der Waals surface area contributed by atoms with Gasteiger partial charge in [-0.2, -0.15) is 13.2 Å². The maximum Gasteiger partial charge on any atom is 0.442 e. The van der Waals surface area contributed by atoms with Crippen LogP contribution in [-0.4, -0.2) is 46.2 Å². The van der Waals surface area contributed by atoms with Gasteiger partial charge in [-0.15, -0.1) is 0 Å². The maximum absolute atomic E-state index is 12.0. The fourth-order valence-corrected chi connectivity index (χ4v) is 2.56. The number of carboxylic acids is 1. The number of rotatable bonds is 5. The second kappa shape index (κ2) is 7.02. The summed E-state index contributed by atoms with van der Waals surface area (Å²) in [4.78, 5) is 23.5. The number of halogens is 3. The van der Waals surface area contributed by atoms with E-state index in [-0.39, 0.29) is 24.1 Å². The number of hydrogen-bond acceptors (Lipinski definition) is 3. The first-order valence-corrected chi connectivity index (χ1v) is 6.97. The van der Waals surface area contributed by atoms with Gasteiger partial charge in [0.15, 0.2) is 0 Å². The fraction of sp³-hybridized carbons (Fsp3) is 0.818. The molecule has 0 radical (unpaired) electrons. The summed E-state index contributed by atoms with van der Waals surface area (Å²) in [6.07, 6.45) is 2.03. The van der Waals surface area contributed by atoms with Crippen molar-refractivity contribution in [1.82, 2.24) is 4.90 Å². The van der Waals surface area contributed by atoms with Crippen LogP contribution in [0.4, 0.5) is 13.2 Å². The molecule has 0 aromatic carbocycles. The molecule has 0 aliphatic carbocycles. The zero-order valence-corrected chi connectivity index (χ0v) is 11.1. The van der Waals surface area contributed by atoms with Crippen LogP contribution in [0.3, 0.4) is 0 Å². The van der Waals surface area contributed by atoms with Crippen LogP contribution >= 0.6 is 11.8 Å². The molecule has 1 heterocycles. The van der Waals surface area contributed by atoms with Gasteiger partial charge in [-0.25, -0.2) is 0 Å². The van der Waals surface area contributed by atoms with E-state index in [1.54, 1.807) is 0 Å². The summed E-state index contributed by atoms with van der Waals surface area (Å²) in [5.41, 5.74) is -4.39. The summed E-state index contributed by atoms with van der Waals surface area (Å²) in [5, 5.41) is 8.58. The molecule has 1 fully saturated rings. The number of likely N-dealkylation sites (tertiary alicyclic amines) is 1. The number of carbonyl (C=O) groups excluding carboxylic acids is 1. The fourth-order valence-electron chi connectivity index (χ4n) is 2.09. The van der Waals surface area contributed by atoms with Crippen LogP contribution in [0.2, 0.25) is 0 Å². The Bertz CT molecular complexity index is 336. The van der Waals surface area contributed by atoms with E-state index in [9.17, 15) is 22.8 Å². The van der Waals surface area contributed by atoms with Gasteiger partial charge in [0, 0.05) is 19.5 Å². The molecule has 110 valence electrons. The van der Waals surface area contributed by atoms with Crippen molar-refractivity contribution in [2.45, 2.75) is 31.2 Å². The highest BCUT2D eigenvalue weighted by atomic mass is 32.2. The van der Waals surface area contributed by atoms with E-state index in [2.05, 4.69) is 0 Å². The topological polar surface area (TPSA) is 57.6 Å². The number of amides is 1. The third-order valence-electron chi connectivity index (χ3n) is 3.00. The molecule has 1 unspecified atom stereocenters. The molecule has 1 amide bonds. The normalized spacial score (nSPS) is 20.4. The van der Waals surface area contributed by atoms with E-state index < -0.39 is 23.1 Å². The van der Waals surface area contributed by atoms with Crippen LogP contribution in [0.15, 0.2) is 0 Å². The van der Waals surface area contributed by atoms with E-state index in [0.29, 0.717) is 25.9 Å². The quantitative estimate of drug-likeness (QED) is 0.846. The van der Waals surface area contributed by atoms with Gasteiger partial charge < -0.3 is 10.0 Å². The minimum Gasteiger partial charge on any atom is -0.481 e. The number of carboxylic acid groups (broad SMARTS) is 1. The molecule has 19 heavy (non-hydrogen) atoms. The summed E-state index contributed by atoms with van der Waals surface area (Å²) in [5.74, 6) is -1.95. The zero-order chi connectivity index (χ0) is 14.5. The maximum atomic E-state index is 12.0. The second-order valence-corrected chi connectivity index (χ2v) is 5.56. The number of aliphatic carboxylic acids is 1. The second-order valence-electron chi connectivity index (χ2n) is 4.51. The zero-order valence-electron chi connectivity index (χ0n) is 10.3. The first kappa shape index (κ1) is 16.1. The molecule has 1 N–H and O–H groups in total. The molecule has 0 bridgehead atoms.